The zero-order valence-corrected chi connectivity index (χ0v) is 17.1. The van der Waals surface area contributed by atoms with Crippen molar-refractivity contribution >= 4 is 0 Å². The van der Waals surface area contributed by atoms with E-state index in [1.54, 1.807) is 14.2 Å². The first-order valence-corrected chi connectivity index (χ1v) is 10.9. The fraction of sp³-hybridized carbons (Fsp3) is 1.00. The van der Waals surface area contributed by atoms with Crippen molar-refractivity contribution in [3.05, 3.63) is 0 Å². The molecule has 158 valence electrons. The van der Waals surface area contributed by atoms with Gasteiger partial charge in [-0.3, -0.25) is 21.3 Å². The zero-order valence-electron chi connectivity index (χ0n) is 17.1. The maximum atomic E-state index is 9.18. The van der Waals surface area contributed by atoms with Gasteiger partial charge in [0.15, 0.2) is 0 Å². The first-order chi connectivity index (χ1) is 13.2. The first-order valence-electron chi connectivity index (χ1n) is 10.9. The van der Waals surface area contributed by atoms with Gasteiger partial charge in [0.05, 0.1) is 25.0 Å². The van der Waals surface area contributed by atoms with Crippen molar-refractivity contribution in [2.24, 2.45) is 11.8 Å². The van der Waals surface area contributed by atoms with E-state index in [9.17, 15) is 5.11 Å². The van der Waals surface area contributed by atoms with Gasteiger partial charge in [0.1, 0.15) is 6.29 Å². The molecule has 1 heterocycles. The van der Waals surface area contributed by atoms with Crippen molar-refractivity contribution in [2.75, 3.05) is 33.9 Å². The van der Waals surface area contributed by atoms with Gasteiger partial charge in [-0.15, -0.1) is 0 Å². The van der Waals surface area contributed by atoms with E-state index < -0.39 is 0 Å². The number of nitrogens with one attached hydrogen (secondary N) is 4. The second-order valence-corrected chi connectivity index (χ2v) is 8.45. The number of ether oxygens (including phenoxy) is 2. The molecule has 7 nitrogen and oxygen atoms in total. The summed E-state index contributed by atoms with van der Waals surface area (Å²) in [4.78, 5) is 0. The SMILES string of the molecule is COC1CCC(CCNC2NC3CCCCC3C(NCCO)N2)CC1OC. The maximum absolute atomic E-state index is 9.18. The number of methoxy groups -OCH3 is 2. The zero-order chi connectivity index (χ0) is 19.1. The maximum Gasteiger partial charge on any atom is 0.113 e. The Labute approximate surface area is 164 Å². The molecule has 0 amide bonds. The second kappa shape index (κ2) is 11.0. The summed E-state index contributed by atoms with van der Waals surface area (Å²) in [5, 5.41) is 23.8. The van der Waals surface area contributed by atoms with E-state index in [0.717, 1.165) is 19.4 Å². The van der Waals surface area contributed by atoms with Gasteiger partial charge >= 0.3 is 0 Å². The Bertz CT molecular complexity index is 428. The lowest BCUT2D eigenvalue weighted by Gasteiger charge is -2.47. The van der Waals surface area contributed by atoms with Gasteiger partial charge in [-0.05, 0) is 51.0 Å². The summed E-state index contributed by atoms with van der Waals surface area (Å²) in [7, 11) is 3.59. The summed E-state index contributed by atoms with van der Waals surface area (Å²) in [6, 6.07) is 0.559. The van der Waals surface area contributed by atoms with Crippen LogP contribution in [0, 0.1) is 11.8 Å². The third-order valence-corrected chi connectivity index (χ3v) is 6.80. The second-order valence-electron chi connectivity index (χ2n) is 8.45. The molecule has 0 aromatic carbocycles. The van der Waals surface area contributed by atoms with Crippen LogP contribution in [0.3, 0.4) is 0 Å². The molecule has 7 unspecified atom stereocenters. The van der Waals surface area contributed by atoms with Gasteiger partial charge in [-0.2, -0.15) is 0 Å². The van der Waals surface area contributed by atoms with E-state index >= 15 is 0 Å². The van der Waals surface area contributed by atoms with E-state index in [-0.39, 0.29) is 31.3 Å². The van der Waals surface area contributed by atoms with Crippen molar-refractivity contribution in [2.45, 2.75) is 82.1 Å². The van der Waals surface area contributed by atoms with E-state index in [0.29, 0.717) is 24.4 Å². The number of hydrogen-bond donors (Lipinski definition) is 5. The Morgan fingerprint density at radius 3 is 2.52 bits per heavy atom. The Kier molecular flexibility index (Phi) is 8.77. The topological polar surface area (TPSA) is 86.8 Å². The minimum Gasteiger partial charge on any atom is -0.395 e. The highest BCUT2D eigenvalue weighted by Gasteiger charge is 2.38. The van der Waals surface area contributed by atoms with Crippen LogP contribution in [0.4, 0.5) is 0 Å². The quantitative estimate of drug-likeness (QED) is 0.401. The highest BCUT2D eigenvalue weighted by molar-refractivity contribution is 4.94. The average Bonchev–Trinajstić information content (AvgIpc) is 2.71. The van der Waals surface area contributed by atoms with Gasteiger partial charge in [-0.25, -0.2) is 0 Å². The van der Waals surface area contributed by atoms with Crippen LogP contribution in [0.5, 0.6) is 0 Å². The highest BCUT2D eigenvalue weighted by Crippen LogP contribution is 2.31. The Morgan fingerprint density at radius 1 is 0.926 bits per heavy atom. The number of hydrogen-bond acceptors (Lipinski definition) is 7. The molecule has 2 saturated carbocycles. The van der Waals surface area contributed by atoms with Crippen molar-refractivity contribution in [1.29, 1.82) is 0 Å². The summed E-state index contributed by atoms with van der Waals surface area (Å²) >= 11 is 0. The van der Waals surface area contributed by atoms with Crippen LogP contribution in [0.15, 0.2) is 0 Å². The predicted molar refractivity (Wildman–Crippen MR) is 106 cm³/mol. The van der Waals surface area contributed by atoms with Crippen LogP contribution in [-0.2, 0) is 9.47 Å². The molecule has 3 aliphatic rings. The van der Waals surface area contributed by atoms with Crippen LogP contribution in [0.1, 0.15) is 51.4 Å². The summed E-state index contributed by atoms with van der Waals surface area (Å²) in [6.07, 6.45) is 10.6. The lowest BCUT2D eigenvalue weighted by molar-refractivity contribution is -0.0711. The molecule has 5 N–H and O–H groups in total. The molecular weight excluding hydrogens is 344 g/mol. The largest absolute Gasteiger partial charge is 0.395 e. The molecule has 0 aromatic heterocycles. The molecule has 2 aliphatic carbocycles. The van der Waals surface area contributed by atoms with E-state index in [1.807, 2.05) is 0 Å². The Morgan fingerprint density at radius 2 is 1.74 bits per heavy atom. The monoisotopic (exact) mass is 384 g/mol. The summed E-state index contributed by atoms with van der Waals surface area (Å²) in [5.41, 5.74) is 0. The third kappa shape index (κ3) is 5.85. The molecule has 3 fully saturated rings. The van der Waals surface area contributed by atoms with Crippen LogP contribution >= 0.6 is 0 Å². The fourth-order valence-corrected chi connectivity index (χ4v) is 5.27. The molecular formula is C20H40N4O3. The molecule has 7 heteroatoms. The van der Waals surface area contributed by atoms with Gasteiger partial charge in [0, 0.05) is 32.7 Å². The minimum absolute atomic E-state index is 0.133. The van der Waals surface area contributed by atoms with Gasteiger partial charge in [0.2, 0.25) is 0 Å². The van der Waals surface area contributed by atoms with Crippen LogP contribution in [0.2, 0.25) is 0 Å². The van der Waals surface area contributed by atoms with E-state index in [2.05, 4.69) is 21.3 Å². The lowest BCUT2D eigenvalue weighted by atomic mass is 9.81. The first kappa shape index (κ1) is 21.4. The molecule has 0 spiro atoms. The Hall–Kier alpha value is -0.280. The molecule has 3 rings (SSSR count). The van der Waals surface area contributed by atoms with E-state index in [4.69, 9.17) is 9.47 Å². The van der Waals surface area contributed by atoms with Crippen molar-refractivity contribution in [3.63, 3.8) is 0 Å². The molecule has 0 radical (unpaired) electrons. The Balaban J connectivity index is 1.43. The third-order valence-electron chi connectivity index (χ3n) is 6.80. The number of aliphatic hydroxyl groups excluding tert-OH is 1. The van der Waals surface area contributed by atoms with Crippen molar-refractivity contribution in [1.82, 2.24) is 21.3 Å². The molecule has 0 aromatic rings. The lowest BCUT2D eigenvalue weighted by Crippen LogP contribution is -2.71. The van der Waals surface area contributed by atoms with Gasteiger partial charge in [-0.1, -0.05) is 12.8 Å². The fourth-order valence-electron chi connectivity index (χ4n) is 5.27. The normalized spacial score (nSPS) is 39.9. The molecule has 7 atom stereocenters. The van der Waals surface area contributed by atoms with Crippen molar-refractivity contribution < 1.29 is 14.6 Å². The molecule has 0 bridgehead atoms. The number of rotatable bonds is 9. The predicted octanol–water partition coefficient (Wildman–Crippen LogP) is 0.739. The standard InChI is InChI=1S/C20H40N4O3/c1-26-17-8-7-14(13-18(17)27-2)9-10-22-20-23-16-6-4-3-5-15(16)19(24-20)21-11-12-25/h14-25H,3-13H2,1-2H3. The van der Waals surface area contributed by atoms with Gasteiger partial charge < -0.3 is 14.6 Å². The number of fused-ring (bicyclic) bond motifs is 1. The number of aliphatic hydroxyl groups is 1. The van der Waals surface area contributed by atoms with Crippen LogP contribution < -0.4 is 21.3 Å². The minimum atomic E-state index is 0.133. The summed E-state index contributed by atoms with van der Waals surface area (Å²) < 4.78 is 11.2. The average molecular weight is 385 g/mol. The van der Waals surface area contributed by atoms with E-state index in [1.165, 1.54) is 38.5 Å². The highest BCUT2D eigenvalue weighted by atomic mass is 16.5. The van der Waals surface area contributed by atoms with Crippen molar-refractivity contribution in [3.8, 4) is 0 Å². The molecule has 1 aliphatic heterocycles. The molecule has 27 heavy (non-hydrogen) atoms. The molecule has 1 saturated heterocycles. The smallest absolute Gasteiger partial charge is 0.113 e. The summed E-state index contributed by atoms with van der Waals surface area (Å²) in [6.45, 7) is 1.83. The van der Waals surface area contributed by atoms with Crippen LogP contribution in [-0.4, -0.2) is 69.7 Å². The van der Waals surface area contributed by atoms with Gasteiger partial charge in [0.25, 0.3) is 0 Å². The van der Waals surface area contributed by atoms with Crippen LogP contribution in [0.25, 0.3) is 0 Å². The summed E-state index contributed by atoms with van der Waals surface area (Å²) in [5.74, 6) is 1.30.